The minimum absolute atomic E-state index is 0.00604. The van der Waals surface area contributed by atoms with E-state index in [1.165, 1.54) is 0 Å². The molecule has 24 heavy (non-hydrogen) atoms. The quantitative estimate of drug-likeness (QED) is 0.899. The maximum absolute atomic E-state index is 10.3. The van der Waals surface area contributed by atoms with Crippen LogP contribution < -0.4 is 0 Å². The average molecular weight is 348 g/mol. The minimum atomic E-state index is -0.193. The third kappa shape index (κ3) is 2.81. The SMILES string of the molecule is CCOC1CC(O)C12CCN(Cc1csc(-c3ccco3)n1)CC2. The van der Waals surface area contributed by atoms with Gasteiger partial charge < -0.3 is 14.3 Å². The van der Waals surface area contributed by atoms with Crippen LogP contribution in [0.1, 0.15) is 31.9 Å². The summed E-state index contributed by atoms with van der Waals surface area (Å²) in [7, 11) is 0. The van der Waals surface area contributed by atoms with E-state index < -0.39 is 0 Å². The molecule has 0 aromatic carbocycles. The standard InChI is InChI=1S/C18H24N2O3S/c1-2-22-16-10-15(21)18(16)5-7-20(8-6-18)11-13-12-24-17(19-13)14-4-3-9-23-14/h3-4,9,12,15-16,21H,2,5-8,10-11H2,1H3. The number of hydrogen-bond acceptors (Lipinski definition) is 6. The van der Waals surface area contributed by atoms with Crippen LogP contribution in [-0.4, -0.2) is 46.9 Å². The van der Waals surface area contributed by atoms with Gasteiger partial charge in [-0.2, -0.15) is 0 Å². The Labute approximate surface area is 146 Å². The molecule has 5 nitrogen and oxygen atoms in total. The molecule has 2 atom stereocenters. The predicted octanol–water partition coefficient (Wildman–Crippen LogP) is 3.16. The summed E-state index contributed by atoms with van der Waals surface area (Å²) >= 11 is 1.63. The van der Waals surface area contributed by atoms with Crippen molar-refractivity contribution in [2.45, 2.75) is 44.9 Å². The van der Waals surface area contributed by atoms with Crippen molar-refractivity contribution in [1.82, 2.24) is 9.88 Å². The lowest BCUT2D eigenvalue weighted by Gasteiger charge is -2.56. The molecule has 1 saturated heterocycles. The number of likely N-dealkylation sites (tertiary alicyclic amines) is 1. The molecule has 130 valence electrons. The highest BCUT2D eigenvalue weighted by molar-refractivity contribution is 7.13. The Morgan fingerprint density at radius 3 is 2.96 bits per heavy atom. The molecule has 2 aliphatic rings. The second kappa shape index (κ2) is 6.59. The summed E-state index contributed by atoms with van der Waals surface area (Å²) in [5, 5.41) is 13.3. The second-order valence-corrected chi connectivity index (χ2v) is 7.68. The second-order valence-electron chi connectivity index (χ2n) is 6.83. The van der Waals surface area contributed by atoms with E-state index in [0.29, 0.717) is 0 Å². The first kappa shape index (κ1) is 16.3. The summed E-state index contributed by atoms with van der Waals surface area (Å²) in [6, 6.07) is 3.83. The van der Waals surface area contributed by atoms with Gasteiger partial charge in [-0.3, -0.25) is 4.90 Å². The predicted molar refractivity (Wildman–Crippen MR) is 92.8 cm³/mol. The number of rotatable bonds is 5. The van der Waals surface area contributed by atoms with Crippen molar-refractivity contribution in [2.75, 3.05) is 19.7 Å². The zero-order valence-corrected chi connectivity index (χ0v) is 14.8. The number of ether oxygens (including phenoxy) is 1. The van der Waals surface area contributed by atoms with E-state index in [4.69, 9.17) is 9.15 Å². The van der Waals surface area contributed by atoms with Gasteiger partial charge >= 0.3 is 0 Å². The Hall–Kier alpha value is -1.21. The highest BCUT2D eigenvalue weighted by Crippen LogP contribution is 2.51. The molecular weight excluding hydrogens is 324 g/mol. The monoisotopic (exact) mass is 348 g/mol. The topological polar surface area (TPSA) is 58.7 Å². The van der Waals surface area contributed by atoms with Crippen molar-refractivity contribution in [3.63, 3.8) is 0 Å². The number of thiazole rings is 1. The van der Waals surface area contributed by atoms with Gasteiger partial charge in [-0.25, -0.2) is 4.98 Å². The van der Waals surface area contributed by atoms with Gasteiger partial charge in [-0.05, 0) is 45.0 Å². The highest BCUT2D eigenvalue weighted by Gasteiger charge is 2.55. The van der Waals surface area contributed by atoms with Crippen LogP contribution in [0, 0.1) is 5.41 Å². The van der Waals surface area contributed by atoms with E-state index in [9.17, 15) is 5.11 Å². The maximum atomic E-state index is 10.3. The van der Waals surface area contributed by atoms with Crippen molar-refractivity contribution in [3.05, 3.63) is 29.5 Å². The van der Waals surface area contributed by atoms with Crippen molar-refractivity contribution in [1.29, 1.82) is 0 Å². The van der Waals surface area contributed by atoms with Crippen LogP contribution in [0.2, 0.25) is 0 Å². The number of hydrogen-bond donors (Lipinski definition) is 1. The number of nitrogens with zero attached hydrogens (tertiary/aromatic N) is 2. The summed E-state index contributed by atoms with van der Waals surface area (Å²) in [6.45, 7) is 5.62. The van der Waals surface area contributed by atoms with Crippen LogP contribution in [0.5, 0.6) is 0 Å². The molecule has 1 spiro atoms. The van der Waals surface area contributed by atoms with E-state index in [-0.39, 0.29) is 17.6 Å². The van der Waals surface area contributed by atoms with Crippen LogP contribution in [0.15, 0.2) is 28.2 Å². The van der Waals surface area contributed by atoms with Crippen LogP contribution in [0.3, 0.4) is 0 Å². The van der Waals surface area contributed by atoms with E-state index in [1.54, 1.807) is 17.6 Å². The Morgan fingerprint density at radius 1 is 1.46 bits per heavy atom. The van der Waals surface area contributed by atoms with Crippen LogP contribution >= 0.6 is 11.3 Å². The average Bonchev–Trinajstić information content (AvgIpc) is 3.27. The third-order valence-electron chi connectivity index (χ3n) is 5.57. The molecule has 2 fully saturated rings. The molecule has 6 heteroatoms. The molecule has 2 aromatic rings. The number of furan rings is 1. The van der Waals surface area contributed by atoms with Crippen molar-refractivity contribution >= 4 is 11.3 Å². The summed E-state index contributed by atoms with van der Waals surface area (Å²) in [5.74, 6) is 0.834. The molecular formula is C18H24N2O3S. The molecule has 0 amide bonds. The molecule has 1 aliphatic heterocycles. The van der Waals surface area contributed by atoms with Crippen LogP contribution in [0.4, 0.5) is 0 Å². The summed E-state index contributed by atoms with van der Waals surface area (Å²) in [6.07, 6.45) is 4.54. The highest BCUT2D eigenvalue weighted by atomic mass is 32.1. The fraction of sp³-hybridized carbons (Fsp3) is 0.611. The summed E-state index contributed by atoms with van der Waals surface area (Å²) in [5.41, 5.74) is 1.09. The summed E-state index contributed by atoms with van der Waals surface area (Å²) in [4.78, 5) is 7.12. The number of aliphatic hydroxyl groups is 1. The van der Waals surface area contributed by atoms with Gasteiger partial charge in [0, 0.05) is 30.4 Å². The van der Waals surface area contributed by atoms with E-state index in [0.717, 1.165) is 62.0 Å². The number of aliphatic hydroxyl groups excluding tert-OH is 1. The van der Waals surface area contributed by atoms with Gasteiger partial charge in [-0.15, -0.1) is 11.3 Å². The van der Waals surface area contributed by atoms with Gasteiger partial charge in [0.2, 0.25) is 0 Å². The van der Waals surface area contributed by atoms with Crippen molar-refractivity contribution in [3.8, 4) is 10.8 Å². The molecule has 0 radical (unpaired) electrons. The zero-order valence-electron chi connectivity index (χ0n) is 14.0. The fourth-order valence-electron chi connectivity index (χ4n) is 4.07. The fourth-order valence-corrected chi connectivity index (χ4v) is 4.84. The Kier molecular flexibility index (Phi) is 4.47. The lowest BCUT2D eigenvalue weighted by Crippen LogP contribution is -2.62. The molecule has 1 saturated carbocycles. The van der Waals surface area contributed by atoms with E-state index >= 15 is 0 Å². The largest absolute Gasteiger partial charge is 0.462 e. The van der Waals surface area contributed by atoms with Gasteiger partial charge in [0.05, 0.1) is 24.2 Å². The minimum Gasteiger partial charge on any atom is -0.462 e. The molecule has 0 bridgehead atoms. The van der Waals surface area contributed by atoms with E-state index in [2.05, 4.69) is 15.3 Å². The molecule has 4 rings (SSSR count). The van der Waals surface area contributed by atoms with Crippen molar-refractivity contribution in [2.24, 2.45) is 5.41 Å². The Balaban J connectivity index is 1.35. The van der Waals surface area contributed by atoms with Gasteiger partial charge in [0.25, 0.3) is 0 Å². The lowest BCUT2D eigenvalue weighted by atomic mass is 9.58. The molecule has 2 unspecified atom stereocenters. The first-order valence-electron chi connectivity index (χ1n) is 8.71. The Morgan fingerprint density at radius 2 is 2.29 bits per heavy atom. The number of aromatic nitrogens is 1. The lowest BCUT2D eigenvalue weighted by molar-refractivity contribution is -0.209. The molecule has 1 N–H and O–H groups in total. The third-order valence-corrected chi connectivity index (χ3v) is 6.47. The van der Waals surface area contributed by atoms with E-state index in [1.807, 2.05) is 19.1 Å². The zero-order chi connectivity index (χ0) is 16.6. The van der Waals surface area contributed by atoms with Gasteiger partial charge in [0.1, 0.15) is 0 Å². The van der Waals surface area contributed by atoms with Crippen LogP contribution in [0.25, 0.3) is 10.8 Å². The smallest absolute Gasteiger partial charge is 0.162 e. The number of piperidine rings is 1. The summed E-state index contributed by atoms with van der Waals surface area (Å²) < 4.78 is 11.3. The molecule has 3 heterocycles. The first-order chi connectivity index (χ1) is 11.7. The van der Waals surface area contributed by atoms with Gasteiger partial charge in [-0.1, -0.05) is 0 Å². The van der Waals surface area contributed by atoms with Crippen molar-refractivity contribution < 1.29 is 14.3 Å². The maximum Gasteiger partial charge on any atom is 0.162 e. The Bertz CT molecular complexity index is 660. The van der Waals surface area contributed by atoms with Gasteiger partial charge in [0.15, 0.2) is 10.8 Å². The first-order valence-corrected chi connectivity index (χ1v) is 9.59. The normalized spacial score (nSPS) is 26.6. The van der Waals surface area contributed by atoms with Crippen LogP contribution in [-0.2, 0) is 11.3 Å². The molecule has 2 aromatic heterocycles. The molecule has 1 aliphatic carbocycles.